The van der Waals surface area contributed by atoms with E-state index in [-0.39, 0.29) is 12.5 Å². The Balaban J connectivity index is 2.00. The van der Waals surface area contributed by atoms with E-state index in [1.165, 1.54) is 218 Å². The number of allylic oxidation sites excluding steroid dienone is 9. The fourth-order valence-electron chi connectivity index (χ4n) is 10.3. The number of aliphatic hydroxyl groups excluding tert-OH is 5. The molecule has 9 heteroatoms. The van der Waals surface area contributed by atoms with Gasteiger partial charge in [-0.1, -0.05) is 299 Å². The van der Waals surface area contributed by atoms with Crippen molar-refractivity contribution in [1.82, 2.24) is 5.32 Å². The largest absolute Gasteiger partial charge is 0.394 e. The van der Waals surface area contributed by atoms with Gasteiger partial charge in [0.2, 0.25) is 5.91 Å². The fraction of sp³-hybridized carbons (Fsp3) is 0.836. The summed E-state index contributed by atoms with van der Waals surface area (Å²) in [6.45, 7) is 3.67. The van der Waals surface area contributed by atoms with Gasteiger partial charge in [0, 0.05) is 6.42 Å². The van der Waals surface area contributed by atoms with E-state index in [9.17, 15) is 30.3 Å². The average Bonchev–Trinajstić information content (AvgIpc) is 3.42. The Kier molecular flexibility index (Phi) is 53.1. The van der Waals surface area contributed by atoms with E-state index in [0.29, 0.717) is 6.42 Å². The molecule has 0 aliphatic carbocycles. The molecule has 0 spiro atoms. The molecule has 6 N–H and O–H groups in total. The zero-order valence-electron chi connectivity index (χ0n) is 49.5. The molecule has 7 atom stereocenters. The minimum Gasteiger partial charge on any atom is -0.394 e. The maximum absolute atomic E-state index is 13.0. The van der Waals surface area contributed by atoms with Crippen LogP contribution in [0.15, 0.2) is 60.8 Å². The van der Waals surface area contributed by atoms with Crippen LogP contribution in [-0.2, 0) is 14.3 Å². The third kappa shape index (κ3) is 44.7. The minimum absolute atomic E-state index is 0.173. The quantitative estimate of drug-likeness (QED) is 0.0261. The second-order valence-corrected chi connectivity index (χ2v) is 22.5. The highest BCUT2D eigenvalue weighted by atomic mass is 16.7. The van der Waals surface area contributed by atoms with Crippen LogP contribution in [0.5, 0.6) is 0 Å². The van der Waals surface area contributed by atoms with Crippen molar-refractivity contribution < 1.29 is 39.8 Å². The topological polar surface area (TPSA) is 149 Å². The fourth-order valence-corrected chi connectivity index (χ4v) is 10.3. The van der Waals surface area contributed by atoms with Gasteiger partial charge in [0.1, 0.15) is 24.4 Å². The summed E-state index contributed by atoms with van der Waals surface area (Å²) in [7, 11) is 0. The zero-order valence-corrected chi connectivity index (χ0v) is 49.5. The molecule has 1 aliphatic heterocycles. The summed E-state index contributed by atoms with van der Waals surface area (Å²) >= 11 is 0. The number of rotatable bonds is 56. The lowest BCUT2D eigenvalue weighted by molar-refractivity contribution is -0.302. The average molecular weight is 1070 g/mol. The molecule has 1 heterocycles. The molecule has 1 amide bonds. The molecule has 1 fully saturated rings. The molecule has 0 radical (unpaired) electrons. The molecular formula is C67H123NO8. The highest BCUT2D eigenvalue weighted by molar-refractivity contribution is 5.76. The SMILES string of the molecule is CC/C=C\C/C=C\C/C=C\C/C=C\CCCCCCCCCCCCCCCCCCCCCCCCCCCCCCC(=O)NC(COC1OC(CO)C(O)C(O)C1O)C(O)/C=C/CCCCCCCCCCCC. The van der Waals surface area contributed by atoms with Crippen molar-refractivity contribution in [3.8, 4) is 0 Å². The molecule has 1 aliphatic rings. The second kappa shape index (κ2) is 56.2. The lowest BCUT2D eigenvalue weighted by Gasteiger charge is -2.40. The number of amides is 1. The Labute approximate surface area is 468 Å². The molecule has 76 heavy (non-hydrogen) atoms. The summed E-state index contributed by atoms with van der Waals surface area (Å²) in [5.41, 5.74) is 0. The number of hydrogen-bond acceptors (Lipinski definition) is 8. The summed E-state index contributed by atoms with van der Waals surface area (Å²) in [5, 5.41) is 54.4. The van der Waals surface area contributed by atoms with Gasteiger partial charge >= 0.3 is 0 Å². The summed E-state index contributed by atoms with van der Waals surface area (Å²) < 4.78 is 11.3. The maximum Gasteiger partial charge on any atom is 0.220 e. The standard InChI is InChI=1S/C67H123NO8/c1-3-5-7-9-11-13-15-17-18-19-20-21-22-23-24-25-26-27-28-29-30-31-32-33-34-35-36-37-38-39-40-41-42-43-44-45-47-49-51-53-55-57-63(71)68-60(59-75-67-66(74)65(73)64(72)62(58-69)76-67)61(70)56-54-52-50-48-46-16-14-12-10-8-6-4-2/h5,7,11,13,17-18,20-21,54,56,60-62,64-67,69-70,72-74H,3-4,6,8-10,12,14-16,19,22-53,55,57-59H2,1-2H3,(H,68,71)/b7-5-,13-11-,18-17-,21-20-,56-54+. The normalized spacial score (nSPS) is 19.2. The Morgan fingerprint density at radius 3 is 1.21 bits per heavy atom. The van der Waals surface area contributed by atoms with Gasteiger partial charge in [-0.25, -0.2) is 0 Å². The molecule has 9 nitrogen and oxygen atoms in total. The van der Waals surface area contributed by atoms with E-state index in [4.69, 9.17) is 9.47 Å². The Morgan fingerprint density at radius 2 is 0.816 bits per heavy atom. The van der Waals surface area contributed by atoms with Gasteiger partial charge in [-0.15, -0.1) is 0 Å². The van der Waals surface area contributed by atoms with Crippen LogP contribution in [-0.4, -0.2) is 87.5 Å². The van der Waals surface area contributed by atoms with E-state index in [1.807, 2.05) is 6.08 Å². The lowest BCUT2D eigenvalue weighted by Crippen LogP contribution is -2.60. The molecule has 7 unspecified atom stereocenters. The van der Waals surface area contributed by atoms with Crippen LogP contribution in [0.3, 0.4) is 0 Å². The van der Waals surface area contributed by atoms with Crippen molar-refractivity contribution in [2.24, 2.45) is 0 Å². The molecule has 0 aromatic heterocycles. The molecule has 0 bridgehead atoms. The number of nitrogens with one attached hydrogen (secondary N) is 1. The van der Waals surface area contributed by atoms with Crippen molar-refractivity contribution in [2.45, 2.75) is 346 Å². The number of unbranched alkanes of at least 4 members (excludes halogenated alkanes) is 38. The van der Waals surface area contributed by atoms with Crippen molar-refractivity contribution in [3.05, 3.63) is 60.8 Å². The van der Waals surface area contributed by atoms with Crippen molar-refractivity contribution in [1.29, 1.82) is 0 Å². The van der Waals surface area contributed by atoms with E-state index in [2.05, 4.69) is 67.8 Å². The van der Waals surface area contributed by atoms with Gasteiger partial charge in [-0.3, -0.25) is 4.79 Å². The van der Waals surface area contributed by atoms with Gasteiger partial charge in [-0.05, 0) is 57.8 Å². The number of aliphatic hydroxyl groups is 5. The molecular weight excluding hydrogens is 947 g/mol. The first-order chi connectivity index (χ1) is 37.3. The van der Waals surface area contributed by atoms with E-state index >= 15 is 0 Å². The van der Waals surface area contributed by atoms with Gasteiger partial charge in [0.05, 0.1) is 25.4 Å². The van der Waals surface area contributed by atoms with Crippen LogP contribution in [0.25, 0.3) is 0 Å². The Bertz CT molecular complexity index is 1380. The first-order valence-electron chi connectivity index (χ1n) is 32.5. The summed E-state index contributed by atoms with van der Waals surface area (Å²) in [5.74, 6) is -0.173. The van der Waals surface area contributed by atoms with Gasteiger partial charge < -0.3 is 40.3 Å². The van der Waals surface area contributed by atoms with Crippen LogP contribution < -0.4 is 5.32 Å². The highest BCUT2D eigenvalue weighted by Gasteiger charge is 2.44. The van der Waals surface area contributed by atoms with Crippen LogP contribution in [0, 0.1) is 0 Å². The number of carbonyl (C=O) groups is 1. The van der Waals surface area contributed by atoms with Crippen LogP contribution >= 0.6 is 0 Å². The van der Waals surface area contributed by atoms with Gasteiger partial charge in [0.15, 0.2) is 6.29 Å². The summed E-state index contributed by atoms with van der Waals surface area (Å²) in [6, 6.07) is -0.802. The maximum atomic E-state index is 13.0. The van der Waals surface area contributed by atoms with Crippen LogP contribution in [0.1, 0.15) is 303 Å². The molecule has 0 saturated carbocycles. The molecule has 1 saturated heterocycles. The van der Waals surface area contributed by atoms with E-state index in [0.717, 1.165) is 64.2 Å². The molecule has 0 aromatic rings. The minimum atomic E-state index is -1.57. The molecule has 0 aromatic carbocycles. The summed E-state index contributed by atoms with van der Waals surface area (Å²) in [4.78, 5) is 13.0. The summed E-state index contributed by atoms with van der Waals surface area (Å²) in [6.07, 6.45) is 70.6. The molecule has 444 valence electrons. The third-order valence-corrected chi connectivity index (χ3v) is 15.3. The van der Waals surface area contributed by atoms with Crippen LogP contribution in [0.4, 0.5) is 0 Å². The van der Waals surface area contributed by atoms with Crippen molar-refractivity contribution in [2.75, 3.05) is 13.2 Å². The number of hydrogen-bond donors (Lipinski definition) is 6. The molecule has 1 rings (SSSR count). The zero-order chi connectivity index (χ0) is 55.0. The first-order valence-corrected chi connectivity index (χ1v) is 32.5. The van der Waals surface area contributed by atoms with Gasteiger partial charge in [-0.2, -0.15) is 0 Å². The monoisotopic (exact) mass is 1070 g/mol. The number of carbonyl (C=O) groups excluding carboxylic acids is 1. The first kappa shape index (κ1) is 71.9. The van der Waals surface area contributed by atoms with Gasteiger partial charge in [0.25, 0.3) is 0 Å². The Morgan fingerprint density at radius 1 is 0.461 bits per heavy atom. The second-order valence-electron chi connectivity index (χ2n) is 22.5. The highest BCUT2D eigenvalue weighted by Crippen LogP contribution is 2.23. The van der Waals surface area contributed by atoms with Crippen LogP contribution in [0.2, 0.25) is 0 Å². The van der Waals surface area contributed by atoms with E-state index in [1.54, 1.807) is 6.08 Å². The lowest BCUT2D eigenvalue weighted by atomic mass is 9.99. The van der Waals surface area contributed by atoms with Crippen molar-refractivity contribution in [3.63, 3.8) is 0 Å². The predicted molar refractivity (Wildman–Crippen MR) is 322 cm³/mol. The smallest absolute Gasteiger partial charge is 0.220 e. The third-order valence-electron chi connectivity index (χ3n) is 15.3. The number of ether oxygens (including phenoxy) is 2. The van der Waals surface area contributed by atoms with E-state index < -0.39 is 49.5 Å². The Hall–Kier alpha value is -2.11. The predicted octanol–water partition coefficient (Wildman–Crippen LogP) is 17.0. The van der Waals surface area contributed by atoms with Crippen molar-refractivity contribution >= 4 is 5.91 Å².